The Kier molecular flexibility index (Phi) is 4.61. The summed E-state index contributed by atoms with van der Waals surface area (Å²) in [6.45, 7) is 0.876. The largest absolute Gasteiger partial charge is 0.508 e. The summed E-state index contributed by atoms with van der Waals surface area (Å²) in [4.78, 5) is 12.0. The Morgan fingerprint density at radius 2 is 1.80 bits per heavy atom. The van der Waals surface area contributed by atoms with Gasteiger partial charge in [-0.15, -0.1) is 0 Å². The van der Waals surface area contributed by atoms with Crippen LogP contribution in [0, 0.1) is 0 Å². The lowest BCUT2D eigenvalue weighted by Gasteiger charge is -2.08. The first-order valence-electron chi connectivity index (χ1n) is 6.15. The third-order valence-electron chi connectivity index (χ3n) is 2.91. The van der Waals surface area contributed by atoms with Gasteiger partial charge in [0.05, 0.1) is 10.6 Å². The maximum atomic E-state index is 12.0. The van der Waals surface area contributed by atoms with E-state index in [1.165, 1.54) is 18.2 Å². The summed E-state index contributed by atoms with van der Waals surface area (Å²) in [5.74, 6) is -0.319. The lowest BCUT2D eigenvalue weighted by molar-refractivity contribution is 0.0950. The van der Waals surface area contributed by atoms with Gasteiger partial charge < -0.3 is 16.2 Å². The van der Waals surface area contributed by atoms with Crippen molar-refractivity contribution >= 4 is 17.5 Å². The molecule has 2 aromatic rings. The minimum atomic E-state index is -0.325. The fourth-order valence-electron chi connectivity index (χ4n) is 1.76. The van der Waals surface area contributed by atoms with Crippen LogP contribution in [0.5, 0.6) is 5.75 Å². The van der Waals surface area contributed by atoms with E-state index < -0.39 is 0 Å². The van der Waals surface area contributed by atoms with Crippen molar-refractivity contribution in [2.45, 2.75) is 13.1 Å². The number of hydrogen-bond donors (Lipinski definition) is 3. The maximum absolute atomic E-state index is 12.0. The van der Waals surface area contributed by atoms with Crippen molar-refractivity contribution in [3.8, 4) is 5.75 Å². The Balaban J connectivity index is 2.02. The minimum absolute atomic E-state index is 0.00634. The lowest BCUT2D eigenvalue weighted by atomic mass is 10.1. The van der Waals surface area contributed by atoms with Gasteiger partial charge in [0.25, 0.3) is 5.91 Å². The zero-order valence-electron chi connectivity index (χ0n) is 10.8. The highest BCUT2D eigenvalue weighted by Gasteiger charge is 2.10. The van der Waals surface area contributed by atoms with Crippen molar-refractivity contribution in [3.05, 3.63) is 64.2 Å². The number of rotatable bonds is 4. The van der Waals surface area contributed by atoms with Gasteiger partial charge in [-0.2, -0.15) is 0 Å². The molecule has 0 atom stereocenters. The van der Waals surface area contributed by atoms with Gasteiger partial charge in [0.1, 0.15) is 5.75 Å². The van der Waals surface area contributed by atoms with Gasteiger partial charge in [-0.3, -0.25) is 4.79 Å². The molecule has 1 amide bonds. The number of nitrogens with two attached hydrogens (primary N) is 1. The summed E-state index contributed by atoms with van der Waals surface area (Å²) in [5, 5.41) is 12.4. The molecule has 0 radical (unpaired) electrons. The smallest absolute Gasteiger partial charge is 0.253 e. The molecule has 0 spiro atoms. The number of carbonyl (C=O) groups is 1. The quantitative estimate of drug-likeness (QED) is 0.809. The number of phenolic OH excluding ortho intramolecular Hbond substituents is 1. The minimum Gasteiger partial charge on any atom is -0.508 e. The van der Waals surface area contributed by atoms with E-state index in [1.807, 2.05) is 24.3 Å². The number of benzene rings is 2. The number of hydrogen-bond acceptors (Lipinski definition) is 3. The van der Waals surface area contributed by atoms with Crippen molar-refractivity contribution in [1.82, 2.24) is 5.32 Å². The van der Waals surface area contributed by atoms with E-state index in [0.29, 0.717) is 18.1 Å². The van der Waals surface area contributed by atoms with Gasteiger partial charge >= 0.3 is 0 Å². The lowest BCUT2D eigenvalue weighted by Crippen LogP contribution is -2.23. The van der Waals surface area contributed by atoms with Crippen LogP contribution in [0.3, 0.4) is 0 Å². The summed E-state index contributed by atoms with van der Waals surface area (Å²) in [5.41, 5.74) is 7.78. The van der Waals surface area contributed by atoms with E-state index in [1.54, 1.807) is 0 Å². The standard InChI is InChI=1S/C15H15ClN2O2/c16-14-6-5-12(19)7-13(14)15(20)18-9-11-3-1-10(8-17)2-4-11/h1-7,19H,8-9,17H2,(H,18,20). The van der Waals surface area contributed by atoms with Gasteiger partial charge in [-0.25, -0.2) is 0 Å². The number of amides is 1. The zero-order valence-corrected chi connectivity index (χ0v) is 11.5. The highest BCUT2D eigenvalue weighted by molar-refractivity contribution is 6.33. The Morgan fingerprint density at radius 1 is 1.15 bits per heavy atom. The van der Waals surface area contributed by atoms with Gasteiger partial charge in [0, 0.05) is 13.1 Å². The summed E-state index contributed by atoms with van der Waals surface area (Å²) in [6.07, 6.45) is 0. The second-order valence-electron chi connectivity index (χ2n) is 4.37. The number of halogens is 1. The van der Waals surface area contributed by atoms with E-state index in [9.17, 15) is 9.90 Å². The molecule has 0 aliphatic carbocycles. The van der Waals surface area contributed by atoms with Crippen molar-refractivity contribution in [2.24, 2.45) is 5.73 Å². The van der Waals surface area contributed by atoms with E-state index in [2.05, 4.69) is 5.32 Å². The molecular formula is C15H15ClN2O2. The third-order valence-corrected chi connectivity index (χ3v) is 3.24. The third kappa shape index (κ3) is 3.50. The zero-order chi connectivity index (χ0) is 14.5. The molecule has 2 rings (SSSR count). The van der Waals surface area contributed by atoms with E-state index >= 15 is 0 Å². The number of carbonyl (C=O) groups excluding carboxylic acids is 1. The Bertz CT molecular complexity index is 612. The molecule has 0 unspecified atom stereocenters. The van der Waals surface area contributed by atoms with Crippen LogP contribution in [0.4, 0.5) is 0 Å². The van der Waals surface area contributed by atoms with Gasteiger partial charge in [-0.05, 0) is 29.3 Å². The molecule has 0 aliphatic rings. The summed E-state index contributed by atoms with van der Waals surface area (Å²) in [6, 6.07) is 11.9. The van der Waals surface area contributed by atoms with Crippen molar-refractivity contribution in [2.75, 3.05) is 0 Å². The van der Waals surface area contributed by atoms with Gasteiger partial charge in [-0.1, -0.05) is 35.9 Å². The first kappa shape index (κ1) is 14.4. The molecule has 4 nitrogen and oxygen atoms in total. The predicted molar refractivity (Wildman–Crippen MR) is 78.6 cm³/mol. The fourth-order valence-corrected chi connectivity index (χ4v) is 1.96. The molecule has 0 aliphatic heterocycles. The monoisotopic (exact) mass is 290 g/mol. The van der Waals surface area contributed by atoms with E-state index in [-0.39, 0.29) is 17.2 Å². The molecule has 4 N–H and O–H groups in total. The molecule has 0 bridgehead atoms. The van der Waals surface area contributed by atoms with Crippen molar-refractivity contribution in [1.29, 1.82) is 0 Å². The summed E-state index contributed by atoms with van der Waals surface area (Å²) < 4.78 is 0. The topological polar surface area (TPSA) is 75.3 Å². The van der Waals surface area contributed by atoms with Crippen LogP contribution in [0.15, 0.2) is 42.5 Å². The molecule has 20 heavy (non-hydrogen) atoms. The Hall–Kier alpha value is -2.04. The first-order chi connectivity index (χ1) is 9.60. The van der Waals surface area contributed by atoms with Crippen LogP contribution < -0.4 is 11.1 Å². The SMILES string of the molecule is NCc1ccc(CNC(=O)c2cc(O)ccc2Cl)cc1. The second-order valence-corrected chi connectivity index (χ2v) is 4.77. The molecule has 0 saturated carbocycles. The van der Waals surface area contributed by atoms with Gasteiger partial charge in [0.2, 0.25) is 0 Å². The first-order valence-corrected chi connectivity index (χ1v) is 6.52. The number of aromatic hydroxyl groups is 1. The second kappa shape index (κ2) is 6.41. The van der Waals surface area contributed by atoms with Crippen LogP contribution in [0.25, 0.3) is 0 Å². The molecule has 0 fully saturated rings. The number of nitrogens with one attached hydrogen (secondary N) is 1. The van der Waals surface area contributed by atoms with Crippen LogP contribution >= 0.6 is 11.6 Å². The number of phenols is 1. The van der Waals surface area contributed by atoms with Gasteiger partial charge in [0.15, 0.2) is 0 Å². The van der Waals surface area contributed by atoms with Crippen LogP contribution in [0.1, 0.15) is 21.5 Å². The molecular weight excluding hydrogens is 276 g/mol. The fraction of sp³-hybridized carbons (Fsp3) is 0.133. The van der Waals surface area contributed by atoms with Crippen molar-refractivity contribution in [3.63, 3.8) is 0 Å². The molecule has 2 aromatic carbocycles. The van der Waals surface area contributed by atoms with E-state index in [4.69, 9.17) is 17.3 Å². The van der Waals surface area contributed by atoms with E-state index in [0.717, 1.165) is 11.1 Å². The highest BCUT2D eigenvalue weighted by atomic mass is 35.5. The summed E-state index contributed by atoms with van der Waals surface area (Å²) in [7, 11) is 0. The normalized spacial score (nSPS) is 10.3. The molecule has 0 heterocycles. The molecule has 0 saturated heterocycles. The van der Waals surface area contributed by atoms with Crippen molar-refractivity contribution < 1.29 is 9.90 Å². The van der Waals surface area contributed by atoms with Crippen LogP contribution in [-0.4, -0.2) is 11.0 Å². The Morgan fingerprint density at radius 3 is 2.45 bits per heavy atom. The van der Waals surface area contributed by atoms with Crippen LogP contribution in [-0.2, 0) is 13.1 Å². The average Bonchev–Trinajstić information content (AvgIpc) is 2.47. The summed E-state index contributed by atoms with van der Waals surface area (Å²) >= 11 is 5.93. The Labute approximate surface area is 122 Å². The predicted octanol–water partition coefficient (Wildman–Crippen LogP) is 2.43. The van der Waals surface area contributed by atoms with Crippen LogP contribution in [0.2, 0.25) is 5.02 Å². The molecule has 0 aromatic heterocycles. The average molecular weight is 291 g/mol. The highest BCUT2D eigenvalue weighted by Crippen LogP contribution is 2.21. The molecule has 104 valence electrons. The maximum Gasteiger partial charge on any atom is 0.253 e. The molecule has 5 heteroatoms.